The van der Waals surface area contributed by atoms with Crippen molar-refractivity contribution in [3.05, 3.63) is 21.9 Å². The fourth-order valence-corrected chi connectivity index (χ4v) is 3.03. The minimum absolute atomic E-state index is 0.265. The average molecular weight is 319 g/mol. The number of carbonyl (C=O) groups excluding carboxylic acids is 1. The molecule has 6 heteroatoms. The van der Waals surface area contributed by atoms with Gasteiger partial charge in [-0.2, -0.15) is 0 Å². The Morgan fingerprint density at radius 1 is 1.35 bits per heavy atom. The molecular weight excluding hydrogens is 299 g/mol. The predicted molar refractivity (Wildman–Crippen MR) is 80.4 cm³/mol. The molecule has 2 N–H and O–H groups in total. The van der Waals surface area contributed by atoms with E-state index < -0.39 is 5.60 Å². The van der Waals surface area contributed by atoms with E-state index >= 15 is 0 Å². The molecule has 1 aliphatic rings. The summed E-state index contributed by atoms with van der Waals surface area (Å²) in [7, 11) is 1.68. The van der Waals surface area contributed by atoms with E-state index in [-0.39, 0.29) is 12.5 Å². The Morgan fingerprint density at radius 2 is 1.95 bits per heavy atom. The van der Waals surface area contributed by atoms with E-state index in [0.717, 1.165) is 38.5 Å². The summed E-state index contributed by atoms with van der Waals surface area (Å²) in [5.74, 6) is -0.265. The minimum atomic E-state index is -0.787. The first kappa shape index (κ1) is 15.7. The molecule has 1 aromatic heterocycles. The zero-order chi connectivity index (χ0) is 14.8. The molecule has 1 fully saturated rings. The summed E-state index contributed by atoms with van der Waals surface area (Å²) in [4.78, 5) is 12.1. The predicted octanol–water partition coefficient (Wildman–Crippen LogP) is 3.15. The van der Waals surface area contributed by atoms with Gasteiger partial charge in [-0.3, -0.25) is 4.79 Å². The number of nitrogens with one attached hydrogen (secondary N) is 1. The molecule has 112 valence electrons. The molecule has 1 aliphatic carbocycles. The Hall–Kier alpha value is -0.710. The quantitative estimate of drug-likeness (QED) is 0.841. The highest BCUT2D eigenvalue weighted by Crippen LogP contribution is 2.27. The second kappa shape index (κ2) is 6.37. The van der Waals surface area contributed by atoms with E-state index in [2.05, 4.69) is 5.32 Å². The number of aromatic nitrogens is 1. The van der Waals surface area contributed by atoms with Crippen molar-refractivity contribution in [2.75, 3.05) is 6.54 Å². The Bertz CT molecular complexity index is 492. The smallest absolute Gasteiger partial charge is 0.268 e. The van der Waals surface area contributed by atoms with Gasteiger partial charge in [-0.15, -0.1) is 0 Å². The van der Waals surface area contributed by atoms with Crippen LogP contribution in [0.2, 0.25) is 10.2 Å². The van der Waals surface area contributed by atoms with Crippen LogP contribution in [0, 0.1) is 0 Å². The van der Waals surface area contributed by atoms with E-state index in [4.69, 9.17) is 23.2 Å². The molecule has 2 rings (SSSR count). The number of carbonyl (C=O) groups is 1. The van der Waals surface area contributed by atoms with Crippen LogP contribution in [-0.2, 0) is 7.05 Å². The van der Waals surface area contributed by atoms with Crippen molar-refractivity contribution in [3.63, 3.8) is 0 Å². The van der Waals surface area contributed by atoms with Crippen molar-refractivity contribution in [1.82, 2.24) is 9.88 Å². The van der Waals surface area contributed by atoms with Crippen LogP contribution in [0.3, 0.4) is 0 Å². The second-order valence-corrected chi connectivity index (χ2v) is 6.31. The zero-order valence-electron chi connectivity index (χ0n) is 11.6. The van der Waals surface area contributed by atoms with Gasteiger partial charge in [0.05, 0.1) is 10.6 Å². The van der Waals surface area contributed by atoms with Gasteiger partial charge in [0.1, 0.15) is 10.8 Å². The lowest BCUT2D eigenvalue weighted by Gasteiger charge is -2.26. The number of hydrogen-bond donors (Lipinski definition) is 2. The molecule has 1 heterocycles. The lowest BCUT2D eigenvalue weighted by atomic mass is 9.94. The van der Waals surface area contributed by atoms with Crippen molar-refractivity contribution in [2.24, 2.45) is 7.05 Å². The molecule has 0 bridgehead atoms. The Kier molecular flexibility index (Phi) is 4.99. The van der Waals surface area contributed by atoms with Crippen LogP contribution >= 0.6 is 23.2 Å². The largest absolute Gasteiger partial charge is 0.388 e. The number of halogens is 2. The van der Waals surface area contributed by atoms with Gasteiger partial charge < -0.3 is 15.0 Å². The first-order chi connectivity index (χ1) is 9.43. The van der Waals surface area contributed by atoms with Gasteiger partial charge in [-0.25, -0.2) is 0 Å². The van der Waals surface area contributed by atoms with Crippen molar-refractivity contribution < 1.29 is 9.90 Å². The number of aliphatic hydroxyl groups is 1. The van der Waals surface area contributed by atoms with Crippen molar-refractivity contribution in [2.45, 2.75) is 44.1 Å². The molecule has 0 aromatic carbocycles. The molecule has 0 saturated heterocycles. The normalized spacial score (nSPS) is 18.6. The molecule has 20 heavy (non-hydrogen) atoms. The van der Waals surface area contributed by atoms with Crippen molar-refractivity contribution in [1.29, 1.82) is 0 Å². The average Bonchev–Trinajstić information content (AvgIpc) is 2.61. The van der Waals surface area contributed by atoms with Crippen LogP contribution in [0.4, 0.5) is 0 Å². The first-order valence-corrected chi connectivity index (χ1v) is 7.70. The highest BCUT2D eigenvalue weighted by Gasteiger charge is 2.29. The third-order valence-electron chi connectivity index (χ3n) is 3.96. The number of nitrogens with zero attached hydrogens (tertiary/aromatic N) is 1. The van der Waals surface area contributed by atoms with Crippen LogP contribution in [0.1, 0.15) is 49.0 Å². The van der Waals surface area contributed by atoms with Gasteiger partial charge in [-0.05, 0) is 18.9 Å². The lowest BCUT2D eigenvalue weighted by Crippen LogP contribution is -2.43. The van der Waals surface area contributed by atoms with Crippen LogP contribution < -0.4 is 5.32 Å². The van der Waals surface area contributed by atoms with Crippen molar-refractivity contribution >= 4 is 29.1 Å². The summed E-state index contributed by atoms with van der Waals surface area (Å²) in [6, 6.07) is 1.54. The molecule has 1 saturated carbocycles. The van der Waals surface area contributed by atoms with Gasteiger partial charge in [0.2, 0.25) is 0 Å². The maximum Gasteiger partial charge on any atom is 0.268 e. The van der Waals surface area contributed by atoms with Crippen molar-refractivity contribution in [3.8, 4) is 0 Å². The molecular formula is C14H20Cl2N2O2. The highest BCUT2D eigenvalue weighted by molar-refractivity contribution is 6.41. The van der Waals surface area contributed by atoms with Crippen LogP contribution in [-0.4, -0.2) is 27.7 Å². The van der Waals surface area contributed by atoms with Gasteiger partial charge in [0, 0.05) is 13.6 Å². The monoisotopic (exact) mass is 318 g/mol. The van der Waals surface area contributed by atoms with Gasteiger partial charge >= 0.3 is 0 Å². The zero-order valence-corrected chi connectivity index (χ0v) is 13.1. The molecule has 1 aromatic rings. The summed E-state index contributed by atoms with van der Waals surface area (Å²) < 4.78 is 1.54. The van der Waals surface area contributed by atoms with Crippen LogP contribution in [0.15, 0.2) is 6.07 Å². The summed E-state index contributed by atoms with van der Waals surface area (Å²) >= 11 is 11.8. The third kappa shape index (κ3) is 3.48. The fraction of sp³-hybridized carbons (Fsp3) is 0.643. The minimum Gasteiger partial charge on any atom is -0.388 e. The van der Waals surface area contributed by atoms with Crippen LogP contribution in [0.25, 0.3) is 0 Å². The van der Waals surface area contributed by atoms with E-state index in [9.17, 15) is 9.90 Å². The maximum absolute atomic E-state index is 12.1. The number of rotatable bonds is 3. The Morgan fingerprint density at radius 3 is 2.45 bits per heavy atom. The molecule has 0 radical (unpaired) electrons. The first-order valence-electron chi connectivity index (χ1n) is 6.94. The SMILES string of the molecule is Cn1c(C(=O)NCC2(O)CCCCCC2)cc(Cl)c1Cl. The van der Waals surface area contributed by atoms with Gasteiger partial charge in [-0.1, -0.05) is 48.9 Å². The van der Waals surface area contributed by atoms with E-state index in [0.29, 0.717) is 15.9 Å². The second-order valence-electron chi connectivity index (χ2n) is 5.55. The molecule has 4 nitrogen and oxygen atoms in total. The van der Waals surface area contributed by atoms with E-state index in [1.165, 1.54) is 10.6 Å². The van der Waals surface area contributed by atoms with Gasteiger partial charge in [0.25, 0.3) is 5.91 Å². The fourth-order valence-electron chi connectivity index (χ4n) is 2.66. The molecule has 0 spiro atoms. The number of amides is 1. The summed E-state index contributed by atoms with van der Waals surface area (Å²) in [6.45, 7) is 0.270. The standard InChI is InChI=1S/C14H20Cl2N2O2/c1-18-11(8-10(15)12(18)16)13(19)17-9-14(20)6-4-2-3-5-7-14/h8,20H,2-7,9H2,1H3,(H,17,19). The lowest BCUT2D eigenvalue weighted by molar-refractivity contribution is 0.0245. The van der Waals surface area contributed by atoms with E-state index in [1.54, 1.807) is 7.05 Å². The Labute approximate surface area is 129 Å². The van der Waals surface area contributed by atoms with E-state index in [1.807, 2.05) is 0 Å². The van der Waals surface area contributed by atoms with Crippen LogP contribution in [0.5, 0.6) is 0 Å². The Balaban J connectivity index is 1.99. The molecule has 1 amide bonds. The molecule has 0 atom stereocenters. The maximum atomic E-state index is 12.1. The van der Waals surface area contributed by atoms with Gasteiger partial charge in [0.15, 0.2) is 0 Å². The third-order valence-corrected chi connectivity index (χ3v) is 4.80. The summed E-state index contributed by atoms with van der Waals surface area (Å²) in [6.07, 6.45) is 5.80. The highest BCUT2D eigenvalue weighted by atomic mass is 35.5. The summed E-state index contributed by atoms with van der Waals surface area (Å²) in [5.41, 5.74) is -0.387. The topological polar surface area (TPSA) is 54.3 Å². The number of hydrogen-bond acceptors (Lipinski definition) is 2. The summed E-state index contributed by atoms with van der Waals surface area (Å²) in [5, 5.41) is 14.0. The molecule has 0 unspecified atom stereocenters. The molecule has 0 aliphatic heterocycles.